The van der Waals surface area contributed by atoms with Gasteiger partial charge in [-0.15, -0.1) is 0 Å². The third kappa shape index (κ3) is 4.73. The maximum absolute atomic E-state index is 10.4. The van der Waals surface area contributed by atoms with E-state index in [9.17, 15) is 5.11 Å². The molecule has 5 rings (SSSR count). The number of anilines is 1. The van der Waals surface area contributed by atoms with Gasteiger partial charge in [0.25, 0.3) is 0 Å². The quantitative estimate of drug-likeness (QED) is 0.274. The molecule has 0 amide bonds. The Kier molecular flexibility index (Phi) is 6.18. The fourth-order valence-corrected chi connectivity index (χ4v) is 5.33. The monoisotopic (exact) mass is 479 g/mol. The number of halogens is 1. The smallest absolute Gasteiger partial charge is 0.160 e. The molecule has 1 aliphatic carbocycles. The van der Waals surface area contributed by atoms with E-state index in [1.54, 1.807) is 13.8 Å². The van der Waals surface area contributed by atoms with E-state index >= 15 is 0 Å². The maximum Gasteiger partial charge on any atom is 0.160 e. The van der Waals surface area contributed by atoms with Crippen molar-refractivity contribution in [1.29, 1.82) is 0 Å². The molecule has 178 valence electrons. The summed E-state index contributed by atoms with van der Waals surface area (Å²) in [6.07, 6.45) is 7.21. The minimum atomic E-state index is -1.21. The maximum atomic E-state index is 10.4. The van der Waals surface area contributed by atoms with Crippen molar-refractivity contribution in [3.63, 3.8) is 0 Å². The first-order valence-electron chi connectivity index (χ1n) is 11.8. The van der Waals surface area contributed by atoms with Gasteiger partial charge in [-0.25, -0.2) is 15.0 Å². The lowest BCUT2D eigenvalue weighted by Gasteiger charge is -2.28. The van der Waals surface area contributed by atoms with Crippen LogP contribution in [-0.2, 0) is 11.2 Å². The molecule has 3 aromatic heterocycles. The first kappa shape index (κ1) is 23.0. The highest BCUT2D eigenvalue weighted by Crippen LogP contribution is 2.42. The molecule has 0 bridgehead atoms. The van der Waals surface area contributed by atoms with E-state index in [4.69, 9.17) is 16.3 Å². The van der Waals surface area contributed by atoms with Crippen LogP contribution in [0.15, 0.2) is 48.9 Å². The number of ether oxygens (including phenoxy) is 1. The molecular formula is C26H30ClN5O2. The third-order valence-electron chi connectivity index (χ3n) is 6.68. The van der Waals surface area contributed by atoms with Crippen molar-refractivity contribution in [2.45, 2.75) is 57.5 Å². The number of benzene rings is 1. The highest BCUT2D eigenvalue weighted by Gasteiger charge is 2.39. The minimum Gasteiger partial charge on any atom is -0.373 e. The van der Waals surface area contributed by atoms with E-state index in [1.165, 1.54) is 11.9 Å². The minimum absolute atomic E-state index is 0.0661. The van der Waals surface area contributed by atoms with Crippen molar-refractivity contribution in [3.05, 3.63) is 59.6 Å². The molecule has 1 aliphatic rings. The van der Waals surface area contributed by atoms with E-state index in [0.717, 1.165) is 53.4 Å². The molecule has 7 nitrogen and oxygen atoms in total. The topological polar surface area (TPSA) is 85.1 Å². The van der Waals surface area contributed by atoms with Crippen LogP contribution in [0, 0.1) is 5.92 Å². The molecule has 1 aromatic carbocycles. The molecule has 0 saturated heterocycles. The Morgan fingerprint density at radius 1 is 1.18 bits per heavy atom. The summed E-state index contributed by atoms with van der Waals surface area (Å²) in [7, 11) is 1.88. The van der Waals surface area contributed by atoms with Crippen LogP contribution in [0.25, 0.3) is 21.9 Å². The van der Waals surface area contributed by atoms with Gasteiger partial charge in [-0.2, -0.15) is 0 Å². The SMILES string of the molecule is CNc1ccc2ccc(CC[C@H]3C[C@@H](n4ccc5c(Cl)ncnc54)[C@H](OC(C)(C)O)C3)cc2n1. The Labute approximate surface area is 204 Å². The van der Waals surface area contributed by atoms with Gasteiger partial charge in [0, 0.05) is 18.6 Å². The summed E-state index contributed by atoms with van der Waals surface area (Å²) in [4.78, 5) is 13.3. The second kappa shape index (κ2) is 9.13. The fraction of sp³-hybridized carbons (Fsp3) is 0.423. The third-order valence-corrected chi connectivity index (χ3v) is 6.98. The van der Waals surface area contributed by atoms with Crippen molar-refractivity contribution < 1.29 is 9.84 Å². The van der Waals surface area contributed by atoms with Crippen LogP contribution in [-0.4, -0.2) is 43.6 Å². The zero-order valence-electron chi connectivity index (χ0n) is 19.7. The van der Waals surface area contributed by atoms with Crippen molar-refractivity contribution in [1.82, 2.24) is 19.5 Å². The zero-order valence-corrected chi connectivity index (χ0v) is 20.5. The fourth-order valence-electron chi connectivity index (χ4n) is 5.14. The first-order chi connectivity index (χ1) is 16.3. The molecule has 0 spiro atoms. The van der Waals surface area contributed by atoms with Crippen LogP contribution in [0.3, 0.4) is 0 Å². The number of aromatic nitrogens is 4. The summed E-state index contributed by atoms with van der Waals surface area (Å²) in [5, 5.41) is 15.9. The highest BCUT2D eigenvalue weighted by molar-refractivity contribution is 6.33. The van der Waals surface area contributed by atoms with Crippen molar-refractivity contribution in [3.8, 4) is 0 Å². The molecule has 0 aliphatic heterocycles. The summed E-state index contributed by atoms with van der Waals surface area (Å²) in [5.74, 6) is 0.125. The van der Waals surface area contributed by atoms with Gasteiger partial charge in [-0.05, 0) is 75.3 Å². The predicted octanol–water partition coefficient (Wildman–Crippen LogP) is 5.37. The molecule has 1 fully saturated rings. The van der Waals surface area contributed by atoms with E-state index in [1.807, 2.05) is 25.4 Å². The number of fused-ring (bicyclic) bond motifs is 2. The Morgan fingerprint density at radius 3 is 2.79 bits per heavy atom. The van der Waals surface area contributed by atoms with Crippen LogP contribution in [0.2, 0.25) is 5.15 Å². The molecule has 34 heavy (non-hydrogen) atoms. The summed E-state index contributed by atoms with van der Waals surface area (Å²) in [6.45, 7) is 3.37. The number of nitrogens with one attached hydrogen (secondary N) is 1. The van der Waals surface area contributed by atoms with E-state index < -0.39 is 5.79 Å². The van der Waals surface area contributed by atoms with Gasteiger partial charge in [-0.1, -0.05) is 23.7 Å². The second-order valence-electron chi connectivity index (χ2n) is 9.64. The Bertz CT molecular complexity index is 1320. The van der Waals surface area contributed by atoms with Crippen molar-refractivity contribution >= 4 is 39.4 Å². The highest BCUT2D eigenvalue weighted by atomic mass is 35.5. The van der Waals surface area contributed by atoms with Crippen LogP contribution >= 0.6 is 11.6 Å². The van der Waals surface area contributed by atoms with E-state index in [0.29, 0.717) is 11.1 Å². The largest absolute Gasteiger partial charge is 0.373 e. The molecular weight excluding hydrogens is 450 g/mol. The lowest BCUT2D eigenvalue weighted by atomic mass is 9.97. The van der Waals surface area contributed by atoms with Gasteiger partial charge in [-0.3, -0.25) is 0 Å². The molecule has 1 saturated carbocycles. The van der Waals surface area contributed by atoms with Gasteiger partial charge < -0.3 is 19.7 Å². The number of aliphatic hydroxyl groups is 1. The molecule has 3 heterocycles. The van der Waals surface area contributed by atoms with E-state index in [2.05, 4.69) is 49.1 Å². The number of pyridine rings is 1. The lowest BCUT2D eigenvalue weighted by molar-refractivity contribution is -0.210. The van der Waals surface area contributed by atoms with Gasteiger partial charge in [0.2, 0.25) is 0 Å². The number of nitrogens with zero attached hydrogens (tertiary/aromatic N) is 4. The zero-order chi connectivity index (χ0) is 23.9. The van der Waals surface area contributed by atoms with Crippen LogP contribution in [0.4, 0.5) is 5.82 Å². The van der Waals surface area contributed by atoms with Crippen molar-refractivity contribution in [2.24, 2.45) is 5.92 Å². The molecule has 8 heteroatoms. The molecule has 0 unspecified atom stereocenters. The molecule has 2 N–H and O–H groups in total. The Hall–Kier alpha value is -2.74. The summed E-state index contributed by atoms with van der Waals surface area (Å²) in [5.41, 5.74) is 3.09. The van der Waals surface area contributed by atoms with Gasteiger partial charge in [0.15, 0.2) is 5.79 Å². The normalized spacial score (nSPS) is 20.9. The molecule has 4 aromatic rings. The average molecular weight is 480 g/mol. The van der Waals surface area contributed by atoms with Gasteiger partial charge >= 0.3 is 0 Å². The summed E-state index contributed by atoms with van der Waals surface area (Å²) >= 11 is 6.28. The van der Waals surface area contributed by atoms with Crippen molar-refractivity contribution in [2.75, 3.05) is 12.4 Å². The van der Waals surface area contributed by atoms with E-state index in [-0.39, 0.29) is 12.1 Å². The Balaban J connectivity index is 1.35. The number of hydrogen-bond donors (Lipinski definition) is 2. The first-order valence-corrected chi connectivity index (χ1v) is 12.1. The number of aryl methyl sites for hydroxylation is 1. The summed E-state index contributed by atoms with van der Waals surface area (Å²) in [6, 6.07) is 12.6. The van der Waals surface area contributed by atoms with Crippen LogP contribution in [0.5, 0.6) is 0 Å². The van der Waals surface area contributed by atoms with Gasteiger partial charge in [0.05, 0.1) is 23.0 Å². The Morgan fingerprint density at radius 2 is 2.00 bits per heavy atom. The number of rotatable bonds is 7. The standard InChI is InChI=1S/C26H30ClN5O2/c1-26(2,33)34-22-14-17(13-21(22)32-11-10-19-24(27)29-15-30-25(19)32)5-4-16-6-7-18-8-9-23(28-3)31-20(18)12-16/h6-12,15,17,21-22,33H,4-5,13-14H2,1-3H3,(H,28,31)/t17-,21+,22+/m0/s1. The molecule has 0 radical (unpaired) electrons. The second-order valence-corrected chi connectivity index (χ2v) is 10.0. The molecule has 3 atom stereocenters. The van der Waals surface area contributed by atoms with Crippen LogP contribution < -0.4 is 5.32 Å². The summed E-state index contributed by atoms with van der Waals surface area (Å²) < 4.78 is 8.26. The number of hydrogen-bond acceptors (Lipinski definition) is 6. The predicted molar refractivity (Wildman–Crippen MR) is 135 cm³/mol. The van der Waals surface area contributed by atoms with Crippen LogP contribution in [0.1, 0.15) is 44.7 Å². The lowest BCUT2D eigenvalue weighted by Crippen LogP contribution is -2.33. The van der Waals surface area contributed by atoms with Gasteiger partial charge in [0.1, 0.15) is 22.9 Å². The average Bonchev–Trinajstić information content (AvgIpc) is 3.40.